The highest BCUT2D eigenvalue weighted by molar-refractivity contribution is 14.1. The van der Waals surface area contributed by atoms with Crippen molar-refractivity contribution in [2.24, 2.45) is 0 Å². The summed E-state index contributed by atoms with van der Waals surface area (Å²) in [5.41, 5.74) is 1.73. The zero-order valence-electron chi connectivity index (χ0n) is 13.2. The van der Waals surface area contributed by atoms with Gasteiger partial charge in [-0.15, -0.1) is 0 Å². The number of nitrogens with zero attached hydrogens (tertiary/aromatic N) is 4. The molecule has 2 heterocycles. The van der Waals surface area contributed by atoms with Gasteiger partial charge in [0.05, 0.1) is 5.56 Å². The Bertz CT molecular complexity index is 550. The number of nitriles is 1. The average molecular weight is 414 g/mol. The topological polar surface area (TPSA) is 63.4 Å². The Hall–Kier alpha value is -0.910. The van der Waals surface area contributed by atoms with E-state index < -0.39 is 0 Å². The molecule has 1 fully saturated rings. The molecular weight excluding hydrogens is 391 g/mol. The van der Waals surface area contributed by atoms with Gasteiger partial charge >= 0.3 is 0 Å². The second-order valence-corrected chi connectivity index (χ2v) is 6.98. The molecule has 1 aliphatic rings. The fraction of sp³-hybridized carbons (Fsp3) is 0.625. The SMILES string of the molecule is Cc1c(I)cnc(N2CCC(N(C)CCCO)CC2)c1C#N. The second-order valence-electron chi connectivity index (χ2n) is 5.82. The Labute approximate surface area is 146 Å². The van der Waals surface area contributed by atoms with E-state index in [1.807, 2.05) is 13.1 Å². The maximum absolute atomic E-state index is 9.44. The van der Waals surface area contributed by atoms with Crippen LogP contribution >= 0.6 is 22.6 Å². The first-order valence-corrected chi connectivity index (χ1v) is 8.77. The fourth-order valence-electron chi connectivity index (χ4n) is 2.96. The van der Waals surface area contributed by atoms with Crippen molar-refractivity contribution in [1.82, 2.24) is 9.88 Å². The number of halogens is 1. The molecule has 0 aromatic carbocycles. The molecule has 0 aliphatic carbocycles. The lowest BCUT2D eigenvalue weighted by molar-refractivity contribution is 0.184. The van der Waals surface area contributed by atoms with E-state index in [9.17, 15) is 5.26 Å². The molecule has 1 aromatic rings. The smallest absolute Gasteiger partial charge is 0.146 e. The summed E-state index contributed by atoms with van der Waals surface area (Å²) in [5.74, 6) is 0.830. The molecule has 0 atom stereocenters. The third-order valence-corrected chi connectivity index (χ3v) is 5.51. The van der Waals surface area contributed by atoms with Gasteiger partial charge in [-0.3, -0.25) is 0 Å². The number of rotatable bonds is 5. The maximum atomic E-state index is 9.44. The molecule has 1 aliphatic heterocycles. The molecular formula is C16H23IN4O. The highest BCUT2D eigenvalue weighted by Gasteiger charge is 2.25. The van der Waals surface area contributed by atoms with E-state index in [1.165, 1.54) is 0 Å². The van der Waals surface area contributed by atoms with Gasteiger partial charge in [0.1, 0.15) is 11.9 Å². The average Bonchev–Trinajstić information content (AvgIpc) is 2.55. The first kappa shape index (κ1) is 17.4. The fourth-order valence-corrected chi connectivity index (χ4v) is 3.37. The Morgan fingerprint density at radius 3 is 2.77 bits per heavy atom. The number of piperidine rings is 1. The van der Waals surface area contributed by atoms with Crippen LogP contribution in [-0.4, -0.2) is 54.3 Å². The summed E-state index contributed by atoms with van der Waals surface area (Å²) in [6.07, 6.45) is 4.82. The number of hydrogen-bond acceptors (Lipinski definition) is 5. The quantitative estimate of drug-likeness (QED) is 0.749. The molecule has 1 aromatic heterocycles. The molecule has 0 unspecified atom stereocenters. The Morgan fingerprint density at radius 2 is 2.18 bits per heavy atom. The van der Waals surface area contributed by atoms with Gasteiger partial charge in [0.15, 0.2) is 0 Å². The Morgan fingerprint density at radius 1 is 1.50 bits per heavy atom. The minimum absolute atomic E-state index is 0.251. The standard InChI is InChI=1S/C16H23IN4O/c1-12-14(10-18)16(19-11-15(12)17)21-7-4-13(5-8-21)20(2)6-3-9-22/h11,13,22H,3-9H2,1-2H3. The van der Waals surface area contributed by atoms with Gasteiger partial charge < -0.3 is 14.9 Å². The van der Waals surface area contributed by atoms with E-state index in [0.717, 1.165) is 53.8 Å². The van der Waals surface area contributed by atoms with Gasteiger partial charge in [-0.1, -0.05) is 0 Å². The summed E-state index contributed by atoms with van der Waals surface area (Å²) in [6, 6.07) is 2.87. The Balaban J connectivity index is 2.03. The van der Waals surface area contributed by atoms with E-state index in [2.05, 4.69) is 50.5 Å². The highest BCUT2D eigenvalue weighted by Crippen LogP contribution is 2.27. The Kier molecular flexibility index (Phi) is 6.41. The zero-order valence-corrected chi connectivity index (χ0v) is 15.4. The molecule has 1 N–H and O–H groups in total. The molecule has 0 saturated carbocycles. The highest BCUT2D eigenvalue weighted by atomic mass is 127. The van der Waals surface area contributed by atoms with Crippen LogP contribution in [0.3, 0.4) is 0 Å². The lowest BCUT2D eigenvalue weighted by atomic mass is 10.0. The largest absolute Gasteiger partial charge is 0.396 e. The van der Waals surface area contributed by atoms with Crippen molar-refractivity contribution in [3.63, 3.8) is 0 Å². The van der Waals surface area contributed by atoms with Crippen LogP contribution in [0.15, 0.2) is 6.20 Å². The predicted octanol–water partition coefficient (Wildman–Crippen LogP) is 2.15. The number of hydrogen-bond donors (Lipinski definition) is 1. The first-order valence-electron chi connectivity index (χ1n) is 7.69. The lowest BCUT2D eigenvalue weighted by Gasteiger charge is -2.37. The summed E-state index contributed by atoms with van der Waals surface area (Å²) >= 11 is 2.23. The van der Waals surface area contributed by atoms with Gasteiger partial charge in [-0.05, 0) is 61.4 Å². The van der Waals surface area contributed by atoms with Gasteiger partial charge in [0, 0.05) is 42.1 Å². The molecule has 120 valence electrons. The van der Waals surface area contributed by atoms with Crippen molar-refractivity contribution < 1.29 is 5.11 Å². The molecule has 6 heteroatoms. The summed E-state index contributed by atoms with van der Waals surface area (Å²) in [4.78, 5) is 9.08. The number of pyridine rings is 1. The van der Waals surface area contributed by atoms with Crippen molar-refractivity contribution in [3.05, 3.63) is 20.9 Å². The van der Waals surface area contributed by atoms with Gasteiger partial charge in [-0.25, -0.2) is 4.98 Å². The lowest BCUT2D eigenvalue weighted by Crippen LogP contribution is -2.44. The molecule has 0 spiro atoms. The number of aromatic nitrogens is 1. The summed E-state index contributed by atoms with van der Waals surface area (Å²) in [5, 5.41) is 18.4. The summed E-state index contributed by atoms with van der Waals surface area (Å²) in [6.45, 7) is 5.03. The van der Waals surface area contributed by atoms with Crippen molar-refractivity contribution in [1.29, 1.82) is 5.26 Å². The number of anilines is 1. The van der Waals surface area contributed by atoms with Crippen molar-refractivity contribution in [3.8, 4) is 6.07 Å². The van der Waals surface area contributed by atoms with E-state index in [0.29, 0.717) is 11.6 Å². The third kappa shape index (κ3) is 3.89. The molecule has 0 amide bonds. The van der Waals surface area contributed by atoms with Crippen LogP contribution in [0.4, 0.5) is 5.82 Å². The molecule has 2 rings (SSSR count). The summed E-state index contributed by atoms with van der Waals surface area (Å²) < 4.78 is 1.04. The van der Waals surface area contributed by atoms with Crippen LogP contribution in [0.1, 0.15) is 30.4 Å². The summed E-state index contributed by atoms with van der Waals surface area (Å²) in [7, 11) is 2.13. The molecule has 5 nitrogen and oxygen atoms in total. The van der Waals surface area contributed by atoms with Crippen molar-refractivity contribution in [2.75, 3.05) is 38.2 Å². The van der Waals surface area contributed by atoms with E-state index in [4.69, 9.17) is 5.11 Å². The van der Waals surface area contributed by atoms with Gasteiger partial charge in [-0.2, -0.15) is 5.26 Å². The van der Waals surface area contributed by atoms with Crippen molar-refractivity contribution in [2.45, 2.75) is 32.2 Å². The maximum Gasteiger partial charge on any atom is 0.146 e. The molecule has 1 saturated heterocycles. The second kappa shape index (κ2) is 8.09. The van der Waals surface area contributed by atoms with E-state index in [1.54, 1.807) is 0 Å². The molecule has 0 bridgehead atoms. The van der Waals surface area contributed by atoms with Crippen molar-refractivity contribution >= 4 is 28.4 Å². The molecule has 0 radical (unpaired) electrons. The van der Waals surface area contributed by atoms with Crippen LogP contribution in [-0.2, 0) is 0 Å². The minimum atomic E-state index is 0.251. The molecule has 22 heavy (non-hydrogen) atoms. The first-order chi connectivity index (χ1) is 10.6. The van der Waals surface area contributed by atoms with Gasteiger partial charge in [0.2, 0.25) is 0 Å². The van der Waals surface area contributed by atoms with E-state index >= 15 is 0 Å². The number of aliphatic hydroxyl groups is 1. The zero-order chi connectivity index (χ0) is 16.1. The van der Waals surface area contributed by atoms with Crippen LogP contribution in [0, 0.1) is 21.8 Å². The van der Waals surface area contributed by atoms with Gasteiger partial charge in [0.25, 0.3) is 0 Å². The number of aliphatic hydroxyl groups excluding tert-OH is 1. The monoisotopic (exact) mass is 414 g/mol. The van der Waals surface area contributed by atoms with Crippen LogP contribution in [0.25, 0.3) is 0 Å². The third-order valence-electron chi connectivity index (χ3n) is 4.43. The van der Waals surface area contributed by atoms with E-state index in [-0.39, 0.29) is 6.61 Å². The van der Waals surface area contributed by atoms with Crippen LogP contribution in [0.2, 0.25) is 0 Å². The minimum Gasteiger partial charge on any atom is -0.396 e. The van der Waals surface area contributed by atoms with Crippen LogP contribution in [0.5, 0.6) is 0 Å². The predicted molar refractivity (Wildman–Crippen MR) is 96.0 cm³/mol. The van der Waals surface area contributed by atoms with Crippen LogP contribution < -0.4 is 4.90 Å². The normalized spacial score (nSPS) is 16.1.